The van der Waals surface area contributed by atoms with E-state index in [-0.39, 0.29) is 5.91 Å². The summed E-state index contributed by atoms with van der Waals surface area (Å²) in [5, 5.41) is 8.86. The van der Waals surface area contributed by atoms with Crippen LogP contribution in [0.15, 0.2) is 48.5 Å². The van der Waals surface area contributed by atoms with E-state index < -0.39 is 5.41 Å². The monoisotopic (exact) mass is 276 g/mol. The highest BCUT2D eigenvalue weighted by Gasteiger charge is 2.45. The molecule has 1 amide bonds. The summed E-state index contributed by atoms with van der Waals surface area (Å²) in [5.74, 6) is 0.119. The predicted octanol–water partition coefficient (Wildman–Crippen LogP) is 3.04. The molecule has 0 saturated carbocycles. The highest BCUT2D eigenvalue weighted by molar-refractivity contribution is 6.07. The molecule has 2 aromatic carbocycles. The molecule has 3 heteroatoms. The van der Waals surface area contributed by atoms with Gasteiger partial charge in [0.15, 0.2) is 0 Å². The molecule has 2 aromatic rings. The molecule has 21 heavy (non-hydrogen) atoms. The van der Waals surface area contributed by atoms with Crippen LogP contribution in [0, 0.1) is 11.3 Å². The summed E-state index contributed by atoms with van der Waals surface area (Å²) < 4.78 is 0. The third kappa shape index (κ3) is 2.00. The summed E-state index contributed by atoms with van der Waals surface area (Å²) in [6, 6.07) is 17.5. The summed E-state index contributed by atoms with van der Waals surface area (Å²) in [5.41, 5.74) is 3.22. The van der Waals surface area contributed by atoms with E-state index in [9.17, 15) is 4.79 Å². The van der Waals surface area contributed by atoms with Crippen LogP contribution < -0.4 is 4.90 Å². The Labute approximate surface area is 124 Å². The van der Waals surface area contributed by atoms with Crippen LogP contribution in [0.2, 0.25) is 0 Å². The van der Waals surface area contributed by atoms with Gasteiger partial charge in [0.1, 0.15) is 0 Å². The third-order valence-corrected chi connectivity index (χ3v) is 4.28. The van der Waals surface area contributed by atoms with Crippen LogP contribution in [0.1, 0.15) is 23.6 Å². The molecular weight excluding hydrogens is 260 g/mol. The maximum atomic E-state index is 12.7. The molecular formula is C18H16N2O. The van der Waals surface area contributed by atoms with Crippen molar-refractivity contribution in [3.8, 4) is 6.07 Å². The van der Waals surface area contributed by atoms with Gasteiger partial charge in [0.2, 0.25) is 5.91 Å². The van der Waals surface area contributed by atoms with Gasteiger partial charge in [0.05, 0.1) is 17.0 Å². The number of nitrogens with zero attached hydrogens (tertiary/aromatic N) is 2. The van der Waals surface area contributed by atoms with Crippen molar-refractivity contribution in [3.05, 3.63) is 65.2 Å². The van der Waals surface area contributed by atoms with Gasteiger partial charge in [-0.15, -0.1) is 0 Å². The molecule has 3 rings (SSSR count). The number of fused-ring (bicyclic) bond motifs is 1. The van der Waals surface area contributed by atoms with Gasteiger partial charge in [0.25, 0.3) is 0 Å². The van der Waals surface area contributed by atoms with Crippen LogP contribution in [0.4, 0.5) is 5.69 Å². The average molecular weight is 276 g/mol. The summed E-state index contributed by atoms with van der Waals surface area (Å²) in [7, 11) is 1.82. The predicted molar refractivity (Wildman–Crippen MR) is 82.1 cm³/mol. The Balaban J connectivity index is 2.00. The van der Waals surface area contributed by atoms with E-state index in [1.54, 1.807) is 17.0 Å². The average Bonchev–Trinajstić information content (AvgIpc) is 2.71. The van der Waals surface area contributed by atoms with Crippen molar-refractivity contribution in [2.45, 2.75) is 18.8 Å². The minimum absolute atomic E-state index is 0.119. The molecule has 0 bridgehead atoms. The molecule has 0 radical (unpaired) electrons. The first kappa shape index (κ1) is 13.4. The molecule has 3 nitrogen and oxygen atoms in total. The van der Waals surface area contributed by atoms with Crippen molar-refractivity contribution in [1.29, 1.82) is 5.26 Å². The first-order valence-corrected chi connectivity index (χ1v) is 6.93. The van der Waals surface area contributed by atoms with Crippen LogP contribution in [0.3, 0.4) is 0 Å². The van der Waals surface area contributed by atoms with Crippen LogP contribution in [0.5, 0.6) is 0 Å². The fourth-order valence-corrected chi connectivity index (χ4v) is 3.10. The van der Waals surface area contributed by atoms with E-state index in [4.69, 9.17) is 5.26 Å². The fourth-order valence-electron chi connectivity index (χ4n) is 3.10. The van der Waals surface area contributed by atoms with Crippen molar-refractivity contribution in [3.63, 3.8) is 0 Å². The molecule has 1 aliphatic heterocycles. The molecule has 0 N–H and O–H groups in total. The highest BCUT2D eigenvalue weighted by Crippen LogP contribution is 2.42. The first-order chi connectivity index (χ1) is 10.1. The summed E-state index contributed by atoms with van der Waals surface area (Å²) in [6.45, 7) is 2.00. The molecule has 0 unspecified atom stereocenters. The van der Waals surface area contributed by atoms with Gasteiger partial charge in [0, 0.05) is 12.7 Å². The van der Waals surface area contributed by atoms with E-state index in [0.29, 0.717) is 12.0 Å². The van der Waals surface area contributed by atoms with Crippen molar-refractivity contribution >= 4 is 11.6 Å². The lowest BCUT2D eigenvalue weighted by Gasteiger charge is -2.23. The standard InChI is InChI=1S/C18H16N2O/c1-18(11-13-7-9-14(12-19)10-8-13)15-5-3-4-6-16(15)20(2)17(18)21/h3-10H,11H2,1-2H3/t18-/m1/s1. The number of carbonyl (C=O) groups is 1. The normalized spacial score (nSPS) is 20.2. The van der Waals surface area contributed by atoms with Gasteiger partial charge < -0.3 is 4.90 Å². The maximum absolute atomic E-state index is 12.7. The Kier molecular flexibility index (Phi) is 3.03. The van der Waals surface area contributed by atoms with Gasteiger partial charge in [-0.2, -0.15) is 5.26 Å². The van der Waals surface area contributed by atoms with E-state index in [2.05, 4.69) is 6.07 Å². The first-order valence-electron chi connectivity index (χ1n) is 6.93. The minimum atomic E-state index is -0.542. The molecule has 0 aliphatic carbocycles. The van der Waals surface area contributed by atoms with E-state index in [1.165, 1.54) is 0 Å². The van der Waals surface area contributed by atoms with E-state index in [1.807, 2.05) is 50.4 Å². The largest absolute Gasteiger partial charge is 0.314 e. The molecule has 1 aliphatic rings. The number of hydrogen-bond donors (Lipinski definition) is 0. The molecule has 1 heterocycles. The van der Waals surface area contributed by atoms with Crippen LogP contribution in [0.25, 0.3) is 0 Å². The van der Waals surface area contributed by atoms with Crippen molar-refractivity contribution < 1.29 is 4.79 Å². The summed E-state index contributed by atoms with van der Waals surface area (Å²) >= 11 is 0. The van der Waals surface area contributed by atoms with E-state index >= 15 is 0 Å². The second-order valence-corrected chi connectivity index (χ2v) is 5.70. The molecule has 0 aromatic heterocycles. The Hall–Kier alpha value is -2.60. The molecule has 104 valence electrons. The Morgan fingerprint density at radius 1 is 1.14 bits per heavy atom. The number of benzene rings is 2. The summed E-state index contributed by atoms with van der Waals surface area (Å²) in [4.78, 5) is 14.4. The van der Waals surface area contributed by atoms with Gasteiger partial charge in [-0.05, 0) is 42.7 Å². The van der Waals surface area contributed by atoms with Gasteiger partial charge in [-0.3, -0.25) is 4.79 Å². The molecule has 1 atom stereocenters. The topological polar surface area (TPSA) is 44.1 Å². The van der Waals surface area contributed by atoms with Crippen molar-refractivity contribution in [2.75, 3.05) is 11.9 Å². The summed E-state index contributed by atoms with van der Waals surface area (Å²) in [6.07, 6.45) is 0.638. The highest BCUT2D eigenvalue weighted by atomic mass is 16.2. The Bertz CT molecular complexity index is 743. The lowest BCUT2D eigenvalue weighted by Crippen LogP contribution is -2.37. The molecule has 0 saturated heterocycles. The number of anilines is 1. The lowest BCUT2D eigenvalue weighted by molar-refractivity contribution is -0.122. The van der Waals surface area contributed by atoms with Gasteiger partial charge in [-0.1, -0.05) is 30.3 Å². The number of rotatable bonds is 2. The van der Waals surface area contributed by atoms with Crippen LogP contribution in [-0.2, 0) is 16.6 Å². The van der Waals surface area contributed by atoms with Crippen molar-refractivity contribution in [1.82, 2.24) is 0 Å². The number of para-hydroxylation sites is 1. The third-order valence-electron chi connectivity index (χ3n) is 4.28. The van der Waals surface area contributed by atoms with Crippen molar-refractivity contribution in [2.24, 2.45) is 0 Å². The van der Waals surface area contributed by atoms with Gasteiger partial charge >= 0.3 is 0 Å². The zero-order chi connectivity index (χ0) is 15.0. The Morgan fingerprint density at radius 2 is 1.81 bits per heavy atom. The van der Waals surface area contributed by atoms with Gasteiger partial charge in [-0.25, -0.2) is 0 Å². The number of amides is 1. The zero-order valence-corrected chi connectivity index (χ0v) is 12.1. The van der Waals surface area contributed by atoms with E-state index in [0.717, 1.165) is 16.8 Å². The Morgan fingerprint density at radius 3 is 2.48 bits per heavy atom. The number of likely N-dealkylation sites (N-methyl/N-ethyl adjacent to an activating group) is 1. The smallest absolute Gasteiger partial charge is 0.237 e. The number of carbonyl (C=O) groups excluding carboxylic acids is 1. The quantitative estimate of drug-likeness (QED) is 0.846. The number of nitriles is 1. The molecule has 0 spiro atoms. The minimum Gasteiger partial charge on any atom is -0.314 e. The molecule has 0 fully saturated rings. The number of hydrogen-bond acceptors (Lipinski definition) is 2. The lowest BCUT2D eigenvalue weighted by atomic mass is 9.78. The fraction of sp³-hybridized carbons (Fsp3) is 0.222. The second-order valence-electron chi connectivity index (χ2n) is 5.70. The van der Waals surface area contributed by atoms with Crippen LogP contribution in [-0.4, -0.2) is 13.0 Å². The maximum Gasteiger partial charge on any atom is 0.237 e. The van der Waals surface area contributed by atoms with Crippen LogP contribution >= 0.6 is 0 Å². The zero-order valence-electron chi connectivity index (χ0n) is 12.1. The SMILES string of the molecule is CN1C(=O)[C@](C)(Cc2ccc(C#N)cc2)c2ccccc21. The second kappa shape index (κ2) is 4.75.